The average molecular weight is 334 g/mol. The highest BCUT2D eigenvalue weighted by atomic mass is 79.9. The fraction of sp³-hybridized carbons (Fsp3) is 0.154. The highest BCUT2D eigenvalue weighted by Gasteiger charge is 2.07. The minimum absolute atomic E-state index is 0.613. The van der Waals surface area contributed by atoms with E-state index < -0.39 is 0 Å². The van der Waals surface area contributed by atoms with Crippen LogP contribution in [0.5, 0.6) is 0 Å². The van der Waals surface area contributed by atoms with Crippen LogP contribution in [0, 0.1) is 0 Å². The van der Waals surface area contributed by atoms with E-state index in [1.54, 1.807) is 4.68 Å². The number of nitrogens with one attached hydrogen (secondary N) is 1. The van der Waals surface area contributed by atoms with E-state index in [2.05, 4.69) is 36.8 Å². The van der Waals surface area contributed by atoms with Crippen LogP contribution in [-0.4, -0.2) is 26.8 Å². The Labute approximate surface area is 123 Å². The lowest BCUT2D eigenvalue weighted by molar-refractivity contribution is 0.491. The van der Waals surface area contributed by atoms with Crippen molar-refractivity contribution in [3.05, 3.63) is 52.9 Å². The van der Waals surface area contributed by atoms with Gasteiger partial charge in [-0.1, -0.05) is 23.3 Å². The van der Waals surface area contributed by atoms with E-state index in [4.69, 9.17) is 4.42 Å². The molecule has 0 saturated heterocycles. The summed E-state index contributed by atoms with van der Waals surface area (Å²) in [6, 6.07) is 13.6. The zero-order valence-corrected chi connectivity index (χ0v) is 12.1. The Hall–Kier alpha value is -2.15. The Balaban J connectivity index is 1.65. The summed E-state index contributed by atoms with van der Waals surface area (Å²) in [5.74, 6) is 1.52. The highest BCUT2D eigenvalue weighted by molar-refractivity contribution is 9.10. The minimum Gasteiger partial charge on any atom is -0.454 e. The predicted molar refractivity (Wildman–Crippen MR) is 77.8 cm³/mol. The number of rotatable bonds is 5. The molecule has 0 amide bonds. The first-order chi connectivity index (χ1) is 9.83. The van der Waals surface area contributed by atoms with Gasteiger partial charge in [0.1, 0.15) is 5.76 Å². The Morgan fingerprint density at radius 1 is 1.15 bits per heavy atom. The third-order valence-corrected chi connectivity index (χ3v) is 3.18. The van der Waals surface area contributed by atoms with Crippen LogP contribution in [-0.2, 0) is 6.42 Å². The molecule has 0 atom stereocenters. The molecule has 0 radical (unpaired) electrons. The van der Waals surface area contributed by atoms with Crippen LogP contribution in [0.1, 0.15) is 5.76 Å². The van der Waals surface area contributed by atoms with Gasteiger partial charge in [-0.25, -0.2) is 0 Å². The molecular weight excluding hydrogens is 322 g/mol. The van der Waals surface area contributed by atoms with Gasteiger partial charge >= 0.3 is 0 Å². The molecule has 2 aromatic heterocycles. The summed E-state index contributed by atoms with van der Waals surface area (Å²) in [5, 5.41) is 14.9. The second-order valence-corrected chi connectivity index (χ2v) is 4.91. The third-order valence-electron chi connectivity index (χ3n) is 2.75. The number of aromatic nitrogens is 4. The first-order valence-corrected chi connectivity index (χ1v) is 6.94. The predicted octanol–water partition coefficient (Wildman–Crippen LogP) is 2.67. The fourth-order valence-corrected chi connectivity index (χ4v) is 2.16. The molecule has 6 nitrogen and oxygen atoms in total. The number of furan rings is 1. The summed E-state index contributed by atoms with van der Waals surface area (Å²) in [6.07, 6.45) is 0.757. The molecule has 0 aliphatic heterocycles. The Morgan fingerprint density at radius 2 is 2.00 bits per heavy atom. The Bertz CT molecular complexity index is 679. The van der Waals surface area contributed by atoms with E-state index >= 15 is 0 Å². The Morgan fingerprint density at radius 3 is 2.75 bits per heavy atom. The van der Waals surface area contributed by atoms with E-state index in [-0.39, 0.29) is 0 Å². The quantitative estimate of drug-likeness (QED) is 0.777. The first-order valence-electron chi connectivity index (χ1n) is 6.15. The number of halogens is 1. The van der Waals surface area contributed by atoms with Crippen LogP contribution in [0.15, 0.2) is 51.6 Å². The summed E-state index contributed by atoms with van der Waals surface area (Å²) < 4.78 is 7.84. The molecule has 20 heavy (non-hydrogen) atoms. The molecule has 0 aliphatic carbocycles. The maximum atomic E-state index is 5.44. The van der Waals surface area contributed by atoms with Gasteiger partial charge in [0.15, 0.2) is 4.67 Å². The summed E-state index contributed by atoms with van der Waals surface area (Å²) in [7, 11) is 0. The molecular formula is C13H12BrN5O. The number of benzene rings is 1. The maximum Gasteiger partial charge on any atom is 0.247 e. The van der Waals surface area contributed by atoms with Gasteiger partial charge in [0.2, 0.25) is 5.95 Å². The van der Waals surface area contributed by atoms with Crippen LogP contribution in [0.2, 0.25) is 0 Å². The van der Waals surface area contributed by atoms with Crippen molar-refractivity contribution >= 4 is 21.9 Å². The number of tetrazole rings is 1. The smallest absolute Gasteiger partial charge is 0.247 e. The number of nitrogens with zero attached hydrogens (tertiary/aromatic N) is 4. The fourth-order valence-electron chi connectivity index (χ4n) is 1.82. The number of anilines is 1. The number of para-hydroxylation sites is 1. The third kappa shape index (κ3) is 2.88. The van der Waals surface area contributed by atoms with Crippen LogP contribution < -0.4 is 5.32 Å². The zero-order chi connectivity index (χ0) is 13.8. The van der Waals surface area contributed by atoms with Crippen LogP contribution >= 0.6 is 15.9 Å². The van der Waals surface area contributed by atoms with Crippen molar-refractivity contribution in [1.82, 2.24) is 20.2 Å². The van der Waals surface area contributed by atoms with Crippen LogP contribution in [0.3, 0.4) is 0 Å². The molecule has 3 rings (SSSR count). The first kappa shape index (κ1) is 12.9. The van der Waals surface area contributed by atoms with E-state index in [1.165, 1.54) is 0 Å². The van der Waals surface area contributed by atoms with Crippen LogP contribution in [0.25, 0.3) is 5.69 Å². The molecule has 2 heterocycles. The number of hydrogen-bond donors (Lipinski definition) is 1. The minimum atomic E-state index is 0.613. The standard InChI is InChI=1S/C13H12BrN5O/c14-12-7-6-11(20-12)8-9-15-13-16-17-18-19(13)10-4-2-1-3-5-10/h1-7H,8-9H2,(H,15,16,18). The van der Waals surface area contributed by atoms with Gasteiger partial charge in [-0.3, -0.25) is 0 Å². The molecule has 0 saturated carbocycles. The summed E-state index contributed by atoms with van der Waals surface area (Å²) in [6.45, 7) is 0.688. The largest absolute Gasteiger partial charge is 0.454 e. The van der Waals surface area contributed by atoms with Crippen molar-refractivity contribution in [3.63, 3.8) is 0 Å². The second kappa shape index (κ2) is 5.87. The van der Waals surface area contributed by atoms with Gasteiger partial charge in [0, 0.05) is 13.0 Å². The van der Waals surface area contributed by atoms with Gasteiger partial charge < -0.3 is 9.73 Å². The van der Waals surface area contributed by atoms with Gasteiger partial charge in [0.25, 0.3) is 0 Å². The normalized spacial score (nSPS) is 10.7. The molecule has 0 bridgehead atoms. The molecule has 0 spiro atoms. The molecule has 1 aromatic carbocycles. The van der Waals surface area contributed by atoms with Crippen molar-refractivity contribution in [2.24, 2.45) is 0 Å². The van der Waals surface area contributed by atoms with Crippen molar-refractivity contribution in [3.8, 4) is 5.69 Å². The lowest BCUT2D eigenvalue weighted by Crippen LogP contribution is -2.10. The number of hydrogen-bond acceptors (Lipinski definition) is 5. The molecule has 3 aromatic rings. The van der Waals surface area contributed by atoms with Gasteiger partial charge in [0.05, 0.1) is 5.69 Å². The van der Waals surface area contributed by atoms with E-state index in [1.807, 2.05) is 42.5 Å². The van der Waals surface area contributed by atoms with Crippen LogP contribution in [0.4, 0.5) is 5.95 Å². The molecule has 102 valence electrons. The van der Waals surface area contributed by atoms with Crippen molar-refractivity contribution in [2.45, 2.75) is 6.42 Å². The summed E-state index contributed by atoms with van der Waals surface area (Å²) in [4.78, 5) is 0. The average Bonchev–Trinajstić information content (AvgIpc) is 3.09. The monoisotopic (exact) mass is 333 g/mol. The summed E-state index contributed by atoms with van der Waals surface area (Å²) in [5.41, 5.74) is 0.917. The lowest BCUT2D eigenvalue weighted by Gasteiger charge is -2.05. The van der Waals surface area contributed by atoms with E-state index in [0.29, 0.717) is 12.5 Å². The topological polar surface area (TPSA) is 68.8 Å². The van der Waals surface area contributed by atoms with Gasteiger partial charge in [-0.05, 0) is 50.6 Å². The van der Waals surface area contributed by atoms with Crippen molar-refractivity contribution in [1.29, 1.82) is 0 Å². The van der Waals surface area contributed by atoms with E-state index in [9.17, 15) is 0 Å². The Kier molecular flexibility index (Phi) is 3.78. The van der Waals surface area contributed by atoms with E-state index in [0.717, 1.165) is 22.5 Å². The second-order valence-electron chi connectivity index (χ2n) is 4.13. The maximum absolute atomic E-state index is 5.44. The highest BCUT2D eigenvalue weighted by Crippen LogP contribution is 2.15. The molecule has 0 fully saturated rings. The molecule has 1 N–H and O–H groups in total. The zero-order valence-electron chi connectivity index (χ0n) is 10.5. The molecule has 7 heteroatoms. The lowest BCUT2D eigenvalue weighted by atomic mass is 10.3. The van der Waals surface area contributed by atoms with Crippen molar-refractivity contribution in [2.75, 3.05) is 11.9 Å². The SMILES string of the molecule is Brc1ccc(CCNc2nnnn2-c2ccccc2)o1. The van der Waals surface area contributed by atoms with Gasteiger partial charge in [-0.15, -0.1) is 0 Å². The molecule has 0 unspecified atom stereocenters. The summed E-state index contributed by atoms with van der Waals surface area (Å²) >= 11 is 3.28. The van der Waals surface area contributed by atoms with Gasteiger partial charge in [-0.2, -0.15) is 4.68 Å². The molecule has 0 aliphatic rings. The van der Waals surface area contributed by atoms with Crippen molar-refractivity contribution < 1.29 is 4.42 Å².